The molecule has 0 aromatic carbocycles. The van der Waals surface area contributed by atoms with Crippen LogP contribution in [0.15, 0.2) is 12.4 Å². The fourth-order valence-corrected chi connectivity index (χ4v) is 0.783. The maximum Gasteiger partial charge on any atom is 0.313 e. The lowest BCUT2D eigenvalue weighted by molar-refractivity contribution is -0.142. The first kappa shape index (κ1) is 10.9. The average Bonchev–Trinajstić information content (AvgIpc) is 2.18. The van der Waals surface area contributed by atoms with E-state index in [0.717, 1.165) is 0 Å². The number of hydrogen-bond acceptors (Lipinski definition) is 6. The Bertz CT molecular complexity index is 380. The highest BCUT2D eigenvalue weighted by molar-refractivity contribution is 5.78. The van der Waals surface area contributed by atoms with E-state index in [0.29, 0.717) is 0 Å². The number of carbonyl (C=O) groups excluding carboxylic acids is 1. The van der Waals surface area contributed by atoms with Crippen molar-refractivity contribution < 1.29 is 19.4 Å². The number of aliphatic carboxylic acids is 1. The summed E-state index contributed by atoms with van der Waals surface area (Å²) in [7, 11) is 0. The molecule has 0 aliphatic carbocycles. The Morgan fingerprint density at radius 3 is 2.60 bits per heavy atom. The first-order valence-electron chi connectivity index (χ1n) is 4.08. The average molecular weight is 211 g/mol. The predicted octanol–water partition coefficient (Wildman–Crippen LogP) is -0.171. The van der Waals surface area contributed by atoms with Crippen LogP contribution in [0.1, 0.15) is 12.8 Å². The molecule has 1 rings (SSSR count). The van der Waals surface area contributed by atoms with Gasteiger partial charge in [0.15, 0.2) is 5.82 Å². The lowest BCUT2D eigenvalue weighted by Gasteiger charge is -2.03. The molecule has 0 saturated carbocycles. The molecule has 0 amide bonds. The summed E-state index contributed by atoms with van der Waals surface area (Å²) >= 11 is 0. The maximum atomic E-state index is 11.1. The number of carbonyl (C=O) groups is 2. The summed E-state index contributed by atoms with van der Waals surface area (Å²) in [6.45, 7) is 0. The van der Waals surface area contributed by atoms with Crippen molar-refractivity contribution in [2.45, 2.75) is 12.8 Å². The van der Waals surface area contributed by atoms with Gasteiger partial charge in [0.25, 0.3) is 5.88 Å². The van der Waals surface area contributed by atoms with E-state index in [2.05, 4.69) is 9.97 Å². The van der Waals surface area contributed by atoms with Crippen LogP contribution in [0, 0.1) is 0 Å². The van der Waals surface area contributed by atoms with Gasteiger partial charge in [0.05, 0.1) is 12.8 Å². The van der Waals surface area contributed by atoms with Gasteiger partial charge in [-0.25, -0.2) is 9.97 Å². The van der Waals surface area contributed by atoms with Crippen molar-refractivity contribution >= 4 is 17.8 Å². The first-order valence-corrected chi connectivity index (χ1v) is 4.08. The Labute approximate surface area is 84.9 Å². The molecule has 7 heteroatoms. The van der Waals surface area contributed by atoms with Crippen LogP contribution >= 0.6 is 0 Å². The number of nitrogens with two attached hydrogens (primary N) is 1. The van der Waals surface area contributed by atoms with Gasteiger partial charge in [-0.05, 0) is 0 Å². The van der Waals surface area contributed by atoms with E-state index in [4.69, 9.17) is 15.6 Å². The van der Waals surface area contributed by atoms with Crippen LogP contribution < -0.4 is 10.5 Å². The Hall–Kier alpha value is -2.18. The van der Waals surface area contributed by atoms with Crippen molar-refractivity contribution in [1.82, 2.24) is 9.97 Å². The van der Waals surface area contributed by atoms with Crippen molar-refractivity contribution in [2.24, 2.45) is 0 Å². The molecule has 0 fully saturated rings. The highest BCUT2D eigenvalue weighted by Crippen LogP contribution is 2.13. The fraction of sp³-hybridized carbons (Fsp3) is 0.250. The number of anilines is 1. The molecule has 0 bridgehead atoms. The van der Waals surface area contributed by atoms with Gasteiger partial charge in [0.2, 0.25) is 0 Å². The van der Waals surface area contributed by atoms with Crippen molar-refractivity contribution in [2.75, 3.05) is 5.73 Å². The summed E-state index contributed by atoms with van der Waals surface area (Å²) in [5, 5.41) is 8.32. The molecular weight excluding hydrogens is 202 g/mol. The largest absolute Gasteiger partial charge is 0.481 e. The van der Waals surface area contributed by atoms with E-state index in [1.807, 2.05) is 0 Å². The third-order valence-electron chi connectivity index (χ3n) is 1.44. The minimum absolute atomic E-state index is 0.0128. The molecule has 0 atom stereocenters. The number of aromatic nitrogens is 2. The minimum Gasteiger partial charge on any atom is -0.481 e. The molecule has 0 radical (unpaired) electrons. The number of nitrogen functional groups attached to an aromatic ring is 1. The molecule has 7 nitrogen and oxygen atoms in total. The van der Waals surface area contributed by atoms with Gasteiger partial charge >= 0.3 is 11.9 Å². The Balaban J connectivity index is 2.52. The molecule has 15 heavy (non-hydrogen) atoms. The highest BCUT2D eigenvalue weighted by atomic mass is 16.5. The summed E-state index contributed by atoms with van der Waals surface area (Å²) in [4.78, 5) is 28.5. The maximum absolute atomic E-state index is 11.1. The number of hydrogen-bond donors (Lipinski definition) is 2. The Morgan fingerprint density at radius 2 is 2.00 bits per heavy atom. The van der Waals surface area contributed by atoms with Gasteiger partial charge in [-0.3, -0.25) is 9.59 Å². The Kier molecular flexibility index (Phi) is 3.55. The van der Waals surface area contributed by atoms with Crippen LogP contribution in [0.3, 0.4) is 0 Å². The molecule has 80 valence electrons. The molecule has 3 N–H and O–H groups in total. The lowest BCUT2D eigenvalue weighted by atomic mass is 10.3. The van der Waals surface area contributed by atoms with Crippen LogP contribution in [0.5, 0.6) is 5.88 Å². The zero-order valence-corrected chi connectivity index (χ0v) is 7.71. The van der Waals surface area contributed by atoms with Crippen LogP contribution in [0.4, 0.5) is 5.82 Å². The SMILES string of the molecule is Nc1nccnc1OC(=O)CCC(=O)O. The second-order valence-corrected chi connectivity index (χ2v) is 2.61. The fourth-order valence-electron chi connectivity index (χ4n) is 0.783. The topological polar surface area (TPSA) is 115 Å². The molecule has 0 aliphatic rings. The molecule has 0 aliphatic heterocycles. The van der Waals surface area contributed by atoms with E-state index in [-0.39, 0.29) is 24.5 Å². The van der Waals surface area contributed by atoms with E-state index < -0.39 is 11.9 Å². The third kappa shape index (κ3) is 3.59. The second kappa shape index (κ2) is 4.89. The number of ether oxygens (including phenoxy) is 1. The molecule has 0 saturated heterocycles. The molecular formula is C8H9N3O4. The monoisotopic (exact) mass is 211 g/mol. The third-order valence-corrected chi connectivity index (χ3v) is 1.44. The van der Waals surface area contributed by atoms with Crippen molar-refractivity contribution in [3.8, 4) is 5.88 Å². The number of nitrogens with zero attached hydrogens (tertiary/aromatic N) is 2. The van der Waals surface area contributed by atoms with Gasteiger partial charge < -0.3 is 15.6 Å². The molecule has 1 heterocycles. The molecule has 0 unspecified atom stereocenters. The van der Waals surface area contributed by atoms with Gasteiger partial charge in [-0.2, -0.15) is 0 Å². The first-order chi connectivity index (χ1) is 7.09. The van der Waals surface area contributed by atoms with E-state index in [1.165, 1.54) is 12.4 Å². The van der Waals surface area contributed by atoms with Gasteiger partial charge in [-0.15, -0.1) is 0 Å². The van der Waals surface area contributed by atoms with Crippen LogP contribution in [0.25, 0.3) is 0 Å². The van der Waals surface area contributed by atoms with Crippen LogP contribution in [0.2, 0.25) is 0 Å². The minimum atomic E-state index is -1.07. The lowest BCUT2D eigenvalue weighted by Crippen LogP contribution is -2.12. The molecule has 0 spiro atoms. The number of rotatable bonds is 4. The standard InChI is InChI=1S/C8H9N3O4/c9-7-8(11-4-3-10-7)15-6(14)2-1-5(12)13/h3-4H,1-2H2,(H2,9,10)(H,12,13). The zero-order chi connectivity index (χ0) is 11.3. The Morgan fingerprint density at radius 1 is 1.33 bits per heavy atom. The molecule has 1 aromatic rings. The van der Waals surface area contributed by atoms with E-state index in [9.17, 15) is 9.59 Å². The van der Waals surface area contributed by atoms with E-state index >= 15 is 0 Å². The highest BCUT2D eigenvalue weighted by Gasteiger charge is 2.10. The second-order valence-electron chi connectivity index (χ2n) is 2.61. The number of carboxylic acids is 1. The van der Waals surface area contributed by atoms with Crippen molar-refractivity contribution in [3.05, 3.63) is 12.4 Å². The van der Waals surface area contributed by atoms with E-state index in [1.54, 1.807) is 0 Å². The van der Waals surface area contributed by atoms with Gasteiger partial charge in [0, 0.05) is 12.4 Å². The normalized spacial score (nSPS) is 9.60. The zero-order valence-electron chi connectivity index (χ0n) is 7.71. The number of carboxylic acid groups (broad SMARTS) is 1. The summed E-state index contributed by atoms with van der Waals surface area (Å²) < 4.78 is 4.69. The van der Waals surface area contributed by atoms with Crippen molar-refractivity contribution in [1.29, 1.82) is 0 Å². The molecule has 1 aromatic heterocycles. The van der Waals surface area contributed by atoms with Gasteiger partial charge in [-0.1, -0.05) is 0 Å². The van der Waals surface area contributed by atoms with Crippen molar-refractivity contribution in [3.63, 3.8) is 0 Å². The van der Waals surface area contributed by atoms with Crippen LogP contribution in [-0.2, 0) is 9.59 Å². The number of esters is 1. The summed E-state index contributed by atoms with van der Waals surface area (Å²) in [5.74, 6) is -1.89. The summed E-state index contributed by atoms with van der Waals surface area (Å²) in [6.07, 6.45) is 2.14. The quantitative estimate of drug-likeness (QED) is 0.664. The smallest absolute Gasteiger partial charge is 0.313 e. The van der Waals surface area contributed by atoms with Crippen LogP contribution in [-0.4, -0.2) is 27.0 Å². The van der Waals surface area contributed by atoms with Gasteiger partial charge in [0.1, 0.15) is 0 Å². The summed E-state index contributed by atoms with van der Waals surface area (Å²) in [6, 6.07) is 0. The predicted molar refractivity (Wildman–Crippen MR) is 48.9 cm³/mol. The summed E-state index contributed by atoms with van der Waals surface area (Å²) in [5.41, 5.74) is 5.36.